The summed E-state index contributed by atoms with van der Waals surface area (Å²) in [5, 5.41) is 3.58. The van der Waals surface area contributed by atoms with Crippen molar-refractivity contribution in [3.63, 3.8) is 0 Å². The average molecular weight is 421 g/mol. The predicted molar refractivity (Wildman–Crippen MR) is 120 cm³/mol. The van der Waals surface area contributed by atoms with Crippen LogP contribution in [0.25, 0.3) is 11.0 Å². The molecule has 2 aromatic heterocycles. The summed E-state index contributed by atoms with van der Waals surface area (Å²) in [5.41, 5.74) is 3.30. The summed E-state index contributed by atoms with van der Waals surface area (Å²) in [5.74, 6) is 2.16. The van der Waals surface area contributed by atoms with Crippen LogP contribution in [-0.2, 0) is 11.3 Å². The van der Waals surface area contributed by atoms with E-state index in [1.807, 2.05) is 37.3 Å². The van der Waals surface area contributed by atoms with E-state index in [1.54, 1.807) is 0 Å². The molecule has 162 valence electrons. The number of anilines is 2. The van der Waals surface area contributed by atoms with Crippen molar-refractivity contribution in [2.75, 3.05) is 36.5 Å². The molecule has 0 unspecified atom stereocenters. The number of nitrogens with zero attached hydrogens (tertiary/aromatic N) is 5. The third-order valence-electron chi connectivity index (χ3n) is 5.79. The zero-order chi connectivity index (χ0) is 21.0. The maximum absolute atomic E-state index is 6.06. The molecule has 4 heterocycles. The van der Waals surface area contributed by atoms with Crippen LogP contribution in [0.1, 0.15) is 37.1 Å². The second-order valence-electron chi connectivity index (χ2n) is 8.16. The normalized spacial score (nSPS) is 17.3. The molecule has 3 aromatic rings. The van der Waals surface area contributed by atoms with E-state index in [0.29, 0.717) is 18.5 Å². The first-order valence-electron chi connectivity index (χ1n) is 11.1. The Morgan fingerprint density at radius 3 is 2.55 bits per heavy atom. The van der Waals surface area contributed by atoms with Gasteiger partial charge in [0.05, 0.1) is 16.7 Å². The third kappa shape index (κ3) is 4.69. The highest BCUT2D eigenvalue weighted by atomic mass is 16.5. The monoisotopic (exact) mass is 420 g/mol. The zero-order valence-corrected chi connectivity index (χ0v) is 17.9. The fourth-order valence-electron chi connectivity index (χ4n) is 4.09. The van der Waals surface area contributed by atoms with Crippen LogP contribution in [0.4, 0.5) is 11.8 Å². The molecule has 1 aromatic carbocycles. The molecule has 5 rings (SSSR count). The summed E-state index contributed by atoms with van der Waals surface area (Å²) >= 11 is 0. The number of benzene rings is 1. The minimum Gasteiger partial charge on any atom is -0.470 e. The first-order valence-corrected chi connectivity index (χ1v) is 11.1. The summed E-state index contributed by atoms with van der Waals surface area (Å²) in [7, 11) is 0. The highest BCUT2D eigenvalue weighted by molar-refractivity contribution is 5.74. The van der Waals surface area contributed by atoms with Gasteiger partial charge < -0.3 is 19.7 Å². The Kier molecular flexibility index (Phi) is 5.80. The molecule has 0 radical (unpaired) electrons. The minimum atomic E-state index is 0.319. The van der Waals surface area contributed by atoms with Gasteiger partial charge in [0.1, 0.15) is 18.1 Å². The topological polar surface area (TPSA) is 85.3 Å². The lowest BCUT2D eigenvalue weighted by atomic mass is 10.1. The Morgan fingerprint density at radius 1 is 1.03 bits per heavy atom. The highest BCUT2D eigenvalue weighted by Gasteiger charge is 2.19. The van der Waals surface area contributed by atoms with Crippen LogP contribution in [0.15, 0.2) is 30.3 Å². The SMILES string of the molecule is Cc1nc2ccccc2nc1OCc1cc(NC2CCOCC2)nc(N2CCCC2)n1. The van der Waals surface area contributed by atoms with Crippen molar-refractivity contribution in [1.29, 1.82) is 0 Å². The smallest absolute Gasteiger partial charge is 0.236 e. The number of fused-ring (bicyclic) bond motifs is 1. The van der Waals surface area contributed by atoms with Crippen LogP contribution >= 0.6 is 0 Å². The first-order chi connectivity index (χ1) is 15.2. The van der Waals surface area contributed by atoms with Gasteiger partial charge in [-0.3, -0.25) is 0 Å². The molecule has 2 fully saturated rings. The fraction of sp³-hybridized carbons (Fsp3) is 0.478. The summed E-state index contributed by atoms with van der Waals surface area (Å²) < 4.78 is 11.5. The van der Waals surface area contributed by atoms with Gasteiger partial charge >= 0.3 is 0 Å². The number of hydrogen-bond donors (Lipinski definition) is 1. The molecule has 0 bridgehead atoms. The average Bonchev–Trinajstić information content (AvgIpc) is 3.33. The van der Waals surface area contributed by atoms with Crippen LogP contribution < -0.4 is 15.0 Å². The number of para-hydroxylation sites is 2. The van der Waals surface area contributed by atoms with Gasteiger partial charge in [0, 0.05) is 38.4 Å². The largest absolute Gasteiger partial charge is 0.470 e. The van der Waals surface area contributed by atoms with Crippen molar-refractivity contribution in [3.8, 4) is 5.88 Å². The van der Waals surface area contributed by atoms with E-state index in [1.165, 1.54) is 12.8 Å². The molecule has 8 heteroatoms. The molecule has 0 amide bonds. The van der Waals surface area contributed by atoms with Crippen LogP contribution in [0.5, 0.6) is 5.88 Å². The number of rotatable bonds is 6. The van der Waals surface area contributed by atoms with Gasteiger partial charge in [-0.1, -0.05) is 12.1 Å². The predicted octanol–water partition coefficient (Wildman–Crippen LogP) is 3.50. The third-order valence-corrected chi connectivity index (χ3v) is 5.79. The van der Waals surface area contributed by atoms with E-state index in [2.05, 4.69) is 20.2 Å². The first kappa shape index (κ1) is 19.9. The second-order valence-corrected chi connectivity index (χ2v) is 8.16. The summed E-state index contributed by atoms with van der Waals surface area (Å²) in [6.45, 7) is 5.81. The lowest BCUT2D eigenvalue weighted by Gasteiger charge is -2.24. The summed E-state index contributed by atoms with van der Waals surface area (Å²) in [4.78, 5) is 21.1. The van der Waals surface area contributed by atoms with Crippen LogP contribution in [0.2, 0.25) is 0 Å². The maximum Gasteiger partial charge on any atom is 0.236 e. The molecule has 0 atom stereocenters. The van der Waals surface area contributed by atoms with Crippen LogP contribution in [0.3, 0.4) is 0 Å². The van der Waals surface area contributed by atoms with Gasteiger partial charge in [-0.25, -0.2) is 15.0 Å². The Morgan fingerprint density at radius 2 is 1.77 bits per heavy atom. The Labute approximate surface area is 182 Å². The van der Waals surface area contributed by atoms with Crippen molar-refractivity contribution in [2.45, 2.75) is 45.3 Å². The van der Waals surface area contributed by atoms with Gasteiger partial charge in [0.25, 0.3) is 0 Å². The molecule has 0 spiro atoms. The molecule has 0 aliphatic carbocycles. The van der Waals surface area contributed by atoms with Crippen LogP contribution in [0, 0.1) is 6.92 Å². The van der Waals surface area contributed by atoms with Gasteiger partial charge in [0.15, 0.2) is 0 Å². The Balaban J connectivity index is 1.37. The fourth-order valence-corrected chi connectivity index (χ4v) is 4.09. The van der Waals surface area contributed by atoms with E-state index < -0.39 is 0 Å². The van der Waals surface area contributed by atoms with E-state index in [9.17, 15) is 0 Å². The maximum atomic E-state index is 6.06. The quantitative estimate of drug-likeness (QED) is 0.649. The highest BCUT2D eigenvalue weighted by Crippen LogP contribution is 2.23. The summed E-state index contributed by atoms with van der Waals surface area (Å²) in [6, 6.07) is 10.2. The molecule has 31 heavy (non-hydrogen) atoms. The number of nitrogens with one attached hydrogen (secondary N) is 1. The Bertz CT molecular complexity index is 1050. The lowest BCUT2D eigenvalue weighted by molar-refractivity contribution is 0.0904. The van der Waals surface area contributed by atoms with Crippen LogP contribution in [-0.4, -0.2) is 52.3 Å². The van der Waals surface area contributed by atoms with Crippen molar-refractivity contribution in [1.82, 2.24) is 19.9 Å². The van der Waals surface area contributed by atoms with Crippen molar-refractivity contribution in [3.05, 3.63) is 41.7 Å². The molecule has 8 nitrogen and oxygen atoms in total. The molecule has 0 saturated carbocycles. The van der Waals surface area contributed by atoms with E-state index in [4.69, 9.17) is 19.4 Å². The zero-order valence-electron chi connectivity index (χ0n) is 17.9. The molecular formula is C23H28N6O2. The van der Waals surface area contributed by atoms with Gasteiger partial charge in [-0.05, 0) is 44.7 Å². The number of hydrogen-bond acceptors (Lipinski definition) is 8. The lowest BCUT2D eigenvalue weighted by Crippen LogP contribution is -2.29. The molecular weight excluding hydrogens is 392 g/mol. The molecule has 1 N–H and O–H groups in total. The summed E-state index contributed by atoms with van der Waals surface area (Å²) in [6.07, 6.45) is 4.33. The van der Waals surface area contributed by atoms with Gasteiger partial charge in [-0.15, -0.1) is 0 Å². The van der Waals surface area contributed by atoms with Gasteiger partial charge in [0.2, 0.25) is 11.8 Å². The van der Waals surface area contributed by atoms with E-state index >= 15 is 0 Å². The molecule has 2 saturated heterocycles. The standard InChI is InChI=1S/C23H28N6O2/c1-16-22(27-20-7-3-2-6-19(20)24-16)31-15-18-14-21(25-17-8-12-30-13-9-17)28-23(26-18)29-10-4-5-11-29/h2-3,6-7,14,17H,4-5,8-13,15H2,1H3,(H,25,26,28). The second kappa shape index (κ2) is 9.01. The minimum absolute atomic E-state index is 0.319. The van der Waals surface area contributed by atoms with E-state index in [0.717, 1.165) is 73.3 Å². The van der Waals surface area contributed by atoms with E-state index in [-0.39, 0.29) is 0 Å². The van der Waals surface area contributed by atoms with Crippen molar-refractivity contribution >= 4 is 22.8 Å². The van der Waals surface area contributed by atoms with Crippen molar-refractivity contribution < 1.29 is 9.47 Å². The Hall–Kier alpha value is -3.00. The number of aromatic nitrogens is 4. The number of ether oxygens (including phenoxy) is 2. The van der Waals surface area contributed by atoms with Gasteiger partial charge in [-0.2, -0.15) is 4.98 Å². The molecule has 2 aliphatic rings. The number of aryl methyl sites for hydroxylation is 1. The van der Waals surface area contributed by atoms with Crippen molar-refractivity contribution in [2.24, 2.45) is 0 Å². The molecule has 2 aliphatic heterocycles.